The molecule has 0 saturated carbocycles. The Labute approximate surface area is 154 Å². The van der Waals surface area contributed by atoms with Crippen LogP contribution >= 0.6 is 0 Å². The molecule has 1 amide bonds. The lowest BCUT2D eigenvalue weighted by Gasteiger charge is -2.08. The van der Waals surface area contributed by atoms with E-state index in [4.69, 9.17) is 0 Å². The molecule has 6 heteroatoms. The van der Waals surface area contributed by atoms with Crippen molar-refractivity contribution in [2.24, 2.45) is 0 Å². The molecule has 1 atom stereocenters. The van der Waals surface area contributed by atoms with Crippen LogP contribution in [0, 0.1) is 0 Å². The van der Waals surface area contributed by atoms with Crippen LogP contribution in [0.2, 0.25) is 0 Å². The van der Waals surface area contributed by atoms with Gasteiger partial charge in [-0.05, 0) is 42.0 Å². The van der Waals surface area contributed by atoms with Crippen LogP contribution in [0.4, 0.5) is 17.2 Å². The molecular weight excluding hydrogens is 346 g/mol. The van der Waals surface area contributed by atoms with Crippen molar-refractivity contribution in [1.82, 2.24) is 4.98 Å². The van der Waals surface area contributed by atoms with Gasteiger partial charge in [0.1, 0.15) is 5.82 Å². The largest absolute Gasteiger partial charge is 0.340 e. The number of pyridine rings is 1. The maximum atomic E-state index is 12.4. The molecular formula is C20H19N3O2S. The number of rotatable bonds is 6. The van der Waals surface area contributed by atoms with Crippen LogP contribution in [-0.4, -0.2) is 21.4 Å². The summed E-state index contributed by atoms with van der Waals surface area (Å²) in [7, 11) is -0.944. The van der Waals surface area contributed by atoms with E-state index in [-0.39, 0.29) is 5.91 Å². The number of amides is 1. The second-order valence-corrected chi connectivity index (χ2v) is 7.23. The van der Waals surface area contributed by atoms with E-state index in [0.717, 1.165) is 11.3 Å². The minimum Gasteiger partial charge on any atom is -0.340 e. The molecule has 1 aromatic heterocycles. The predicted octanol–water partition coefficient (Wildman–Crippen LogP) is 3.96. The number of aromatic nitrogens is 1. The Morgan fingerprint density at radius 3 is 2.50 bits per heavy atom. The van der Waals surface area contributed by atoms with Gasteiger partial charge >= 0.3 is 0 Å². The molecule has 0 bridgehead atoms. The van der Waals surface area contributed by atoms with E-state index in [2.05, 4.69) is 15.6 Å². The Balaban J connectivity index is 1.65. The molecule has 2 N–H and O–H groups in total. The van der Waals surface area contributed by atoms with Gasteiger partial charge in [0.25, 0.3) is 5.91 Å². The molecule has 132 valence electrons. The normalized spacial score (nSPS) is 11.6. The number of benzene rings is 2. The Morgan fingerprint density at radius 1 is 1.00 bits per heavy atom. The number of nitrogens with zero attached hydrogens (tertiary/aromatic N) is 1. The van der Waals surface area contributed by atoms with Gasteiger partial charge in [0.2, 0.25) is 0 Å². The highest BCUT2D eigenvalue weighted by atomic mass is 32.2. The molecule has 0 fully saturated rings. The van der Waals surface area contributed by atoms with Crippen molar-refractivity contribution in [1.29, 1.82) is 0 Å². The van der Waals surface area contributed by atoms with Crippen molar-refractivity contribution >= 4 is 33.9 Å². The van der Waals surface area contributed by atoms with Gasteiger partial charge in [-0.15, -0.1) is 0 Å². The topological polar surface area (TPSA) is 71.1 Å². The van der Waals surface area contributed by atoms with Crippen LogP contribution < -0.4 is 10.6 Å². The Hall–Kier alpha value is -2.99. The molecule has 0 saturated heterocycles. The Bertz CT molecular complexity index is 912. The fourth-order valence-electron chi connectivity index (χ4n) is 2.45. The van der Waals surface area contributed by atoms with E-state index in [0.29, 0.717) is 22.8 Å². The molecule has 0 radical (unpaired) electrons. The summed E-state index contributed by atoms with van der Waals surface area (Å²) in [6.07, 6.45) is 3.25. The first-order valence-corrected chi connectivity index (χ1v) is 9.81. The number of para-hydroxylation sites is 1. The number of hydrogen-bond donors (Lipinski definition) is 2. The summed E-state index contributed by atoms with van der Waals surface area (Å²) >= 11 is 0. The zero-order chi connectivity index (χ0) is 18.4. The molecule has 1 heterocycles. The maximum Gasteiger partial charge on any atom is 0.255 e. The van der Waals surface area contributed by atoms with Crippen LogP contribution in [0.5, 0.6) is 0 Å². The minimum absolute atomic E-state index is 0.223. The van der Waals surface area contributed by atoms with Crippen LogP contribution in [0.15, 0.2) is 72.9 Å². The highest BCUT2D eigenvalue weighted by molar-refractivity contribution is 7.83. The number of carbonyl (C=O) groups is 1. The van der Waals surface area contributed by atoms with Gasteiger partial charge in [-0.3, -0.25) is 9.00 Å². The molecule has 3 aromatic rings. The average molecular weight is 365 g/mol. The fraction of sp³-hybridized carbons (Fsp3) is 0.100. The average Bonchev–Trinajstić information content (AvgIpc) is 2.64. The zero-order valence-corrected chi connectivity index (χ0v) is 15.1. The summed E-state index contributed by atoms with van der Waals surface area (Å²) in [5.41, 5.74) is 2.96. The highest BCUT2D eigenvalue weighted by Crippen LogP contribution is 2.16. The Kier molecular flexibility index (Phi) is 5.76. The van der Waals surface area contributed by atoms with E-state index < -0.39 is 10.8 Å². The lowest BCUT2D eigenvalue weighted by Crippen LogP contribution is -2.12. The molecule has 0 spiro atoms. The standard InChI is InChI=1S/C20H19N3O2S/c1-26(25)14-15-6-5-7-16(12-15)20(24)23-18-10-11-19(21-13-18)22-17-8-3-2-4-9-17/h2-13H,14H2,1H3,(H,21,22)(H,23,24)/t26-/m1/s1. The van der Waals surface area contributed by atoms with E-state index >= 15 is 0 Å². The van der Waals surface area contributed by atoms with Gasteiger partial charge in [-0.25, -0.2) is 4.98 Å². The third-order valence-corrected chi connectivity index (χ3v) is 4.37. The van der Waals surface area contributed by atoms with Crippen molar-refractivity contribution in [3.05, 3.63) is 84.1 Å². The highest BCUT2D eigenvalue weighted by Gasteiger charge is 2.08. The molecule has 0 aliphatic rings. The van der Waals surface area contributed by atoms with Gasteiger partial charge in [-0.1, -0.05) is 30.3 Å². The first-order valence-electron chi connectivity index (χ1n) is 8.08. The van der Waals surface area contributed by atoms with Crippen molar-refractivity contribution in [3.8, 4) is 0 Å². The number of hydrogen-bond acceptors (Lipinski definition) is 4. The van der Waals surface area contributed by atoms with Crippen LogP contribution in [0.25, 0.3) is 0 Å². The smallest absolute Gasteiger partial charge is 0.255 e. The van der Waals surface area contributed by atoms with Crippen molar-refractivity contribution in [2.75, 3.05) is 16.9 Å². The van der Waals surface area contributed by atoms with E-state index in [1.165, 1.54) is 0 Å². The molecule has 26 heavy (non-hydrogen) atoms. The van der Waals surface area contributed by atoms with Gasteiger partial charge in [-0.2, -0.15) is 0 Å². The monoisotopic (exact) mass is 365 g/mol. The first kappa shape index (κ1) is 17.8. The van der Waals surface area contributed by atoms with Crippen molar-refractivity contribution < 1.29 is 9.00 Å². The second kappa shape index (κ2) is 8.40. The summed E-state index contributed by atoms with van der Waals surface area (Å²) in [4.78, 5) is 16.7. The summed E-state index contributed by atoms with van der Waals surface area (Å²) in [5.74, 6) is 0.906. The quantitative estimate of drug-likeness (QED) is 0.694. The van der Waals surface area contributed by atoms with Gasteiger partial charge in [0.05, 0.1) is 11.9 Å². The molecule has 2 aromatic carbocycles. The van der Waals surface area contributed by atoms with E-state index in [1.54, 1.807) is 42.8 Å². The van der Waals surface area contributed by atoms with Gasteiger partial charge in [0.15, 0.2) is 0 Å². The molecule has 5 nitrogen and oxygen atoms in total. The van der Waals surface area contributed by atoms with Gasteiger partial charge < -0.3 is 10.6 Å². The minimum atomic E-state index is -0.944. The lowest BCUT2D eigenvalue weighted by molar-refractivity contribution is 0.102. The summed E-state index contributed by atoms with van der Waals surface area (Å²) < 4.78 is 11.3. The second-order valence-electron chi connectivity index (χ2n) is 5.80. The van der Waals surface area contributed by atoms with Crippen molar-refractivity contribution in [3.63, 3.8) is 0 Å². The summed E-state index contributed by atoms with van der Waals surface area (Å²) in [6.45, 7) is 0. The van der Waals surface area contributed by atoms with Crippen LogP contribution in [0.1, 0.15) is 15.9 Å². The SMILES string of the molecule is C[S@@](=O)Cc1cccc(C(=O)Nc2ccc(Nc3ccccc3)nc2)c1. The molecule has 0 aliphatic carbocycles. The zero-order valence-electron chi connectivity index (χ0n) is 14.3. The fourth-order valence-corrected chi connectivity index (χ4v) is 3.10. The van der Waals surface area contributed by atoms with Crippen LogP contribution in [0.3, 0.4) is 0 Å². The summed E-state index contributed by atoms with van der Waals surface area (Å²) in [5, 5.41) is 6.01. The van der Waals surface area contributed by atoms with Crippen LogP contribution in [-0.2, 0) is 16.6 Å². The number of carbonyl (C=O) groups excluding carboxylic acids is 1. The first-order chi connectivity index (χ1) is 12.6. The molecule has 0 unspecified atom stereocenters. The third-order valence-electron chi connectivity index (χ3n) is 3.63. The Morgan fingerprint density at radius 2 is 1.81 bits per heavy atom. The summed E-state index contributed by atoms with van der Waals surface area (Å²) in [6, 6.07) is 20.5. The van der Waals surface area contributed by atoms with E-state index in [1.807, 2.05) is 36.4 Å². The molecule has 0 aliphatic heterocycles. The van der Waals surface area contributed by atoms with Gasteiger partial charge in [0, 0.05) is 34.1 Å². The molecule has 3 rings (SSSR count). The number of anilines is 3. The van der Waals surface area contributed by atoms with Crippen molar-refractivity contribution in [2.45, 2.75) is 5.75 Å². The third kappa shape index (κ3) is 5.00. The number of nitrogens with one attached hydrogen (secondary N) is 2. The van der Waals surface area contributed by atoms with E-state index in [9.17, 15) is 9.00 Å². The maximum absolute atomic E-state index is 12.4. The predicted molar refractivity (Wildman–Crippen MR) is 106 cm³/mol. The lowest BCUT2D eigenvalue weighted by atomic mass is 10.1.